The maximum Gasteiger partial charge on any atom is 0.339 e. The highest BCUT2D eigenvalue weighted by molar-refractivity contribution is 6.05. The van der Waals surface area contributed by atoms with Crippen LogP contribution in [0.3, 0.4) is 0 Å². The molecule has 1 aromatic carbocycles. The highest BCUT2D eigenvalue weighted by Gasteiger charge is 2.35. The minimum absolute atomic E-state index is 0.282. The van der Waals surface area contributed by atoms with Gasteiger partial charge in [-0.2, -0.15) is 0 Å². The van der Waals surface area contributed by atoms with E-state index in [1.807, 2.05) is 24.3 Å². The average molecular weight is 276 g/mol. The van der Waals surface area contributed by atoms with Crippen molar-refractivity contribution in [2.45, 2.75) is 39.0 Å². The van der Waals surface area contributed by atoms with Crippen LogP contribution in [0.4, 0.5) is 5.69 Å². The molecule has 1 heterocycles. The van der Waals surface area contributed by atoms with Gasteiger partial charge in [-0.25, -0.2) is 4.79 Å². The smallest absolute Gasteiger partial charge is 0.339 e. The number of carbonyl (C=O) groups excluding carboxylic acids is 2. The molecule has 0 radical (unpaired) electrons. The summed E-state index contributed by atoms with van der Waals surface area (Å²) in [5, 5.41) is 3.00. The van der Waals surface area contributed by atoms with Crippen molar-refractivity contribution < 1.29 is 14.3 Å². The number of benzene rings is 1. The Kier molecular flexibility index (Phi) is 3.70. The van der Waals surface area contributed by atoms with E-state index in [1.165, 1.54) is 4.90 Å². The van der Waals surface area contributed by atoms with Crippen LogP contribution in [-0.4, -0.2) is 35.5 Å². The first-order valence-corrected chi connectivity index (χ1v) is 6.60. The van der Waals surface area contributed by atoms with Gasteiger partial charge in [0, 0.05) is 19.3 Å². The van der Waals surface area contributed by atoms with Crippen LogP contribution in [-0.2, 0) is 20.9 Å². The van der Waals surface area contributed by atoms with Crippen LogP contribution >= 0.6 is 0 Å². The summed E-state index contributed by atoms with van der Waals surface area (Å²) in [6.07, 6.45) is 0. The molecule has 0 bridgehead atoms. The molecule has 0 aliphatic carbocycles. The van der Waals surface area contributed by atoms with E-state index < -0.39 is 17.6 Å². The van der Waals surface area contributed by atoms with Gasteiger partial charge < -0.3 is 15.0 Å². The third-order valence-corrected chi connectivity index (χ3v) is 2.99. The Balaban J connectivity index is 2.29. The van der Waals surface area contributed by atoms with Crippen LogP contribution in [0.15, 0.2) is 24.3 Å². The van der Waals surface area contributed by atoms with Crippen LogP contribution in [0.1, 0.15) is 26.3 Å². The van der Waals surface area contributed by atoms with Crippen molar-refractivity contribution in [3.63, 3.8) is 0 Å². The number of esters is 1. The highest BCUT2D eigenvalue weighted by atomic mass is 16.6. The third-order valence-electron chi connectivity index (χ3n) is 2.99. The van der Waals surface area contributed by atoms with Crippen LogP contribution in [0, 0.1) is 0 Å². The van der Waals surface area contributed by atoms with Crippen molar-refractivity contribution in [2.75, 3.05) is 12.4 Å². The second kappa shape index (κ2) is 5.15. The second-order valence-electron chi connectivity index (χ2n) is 5.96. The largest absolute Gasteiger partial charge is 0.458 e. The molecule has 108 valence electrons. The van der Waals surface area contributed by atoms with Gasteiger partial charge in [-0.15, -0.1) is 0 Å². The summed E-state index contributed by atoms with van der Waals surface area (Å²) < 4.78 is 5.32. The zero-order valence-corrected chi connectivity index (χ0v) is 12.3. The number of amides is 1. The van der Waals surface area contributed by atoms with E-state index in [-0.39, 0.29) is 5.91 Å². The molecule has 2 rings (SSSR count). The molecule has 5 heteroatoms. The van der Waals surface area contributed by atoms with Crippen LogP contribution in [0.2, 0.25) is 0 Å². The van der Waals surface area contributed by atoms with Gasteiger partial charge in [0.05, 0.1) is 0 Å². The number of carbonyl (C=O) groups is 2. The number of hydrogen-bond donors (Lipinski definition) is 1. The number of nitrogens with zero attached hydrogens (tertiary/aromatic N) is 1. The molecule has 0 aromatic heterocycles. The lowest BCUT2D eigenvalue weighted by Crippen LogP contribution is -2.46. The molecule has 1 aromatic rings. The SMILES string of the molecule is CN1Cc2ccccc2NC(C(=O)OC(C)(C)C)C1=O. The normalized spacial score (nSPS) is 18.9. The highest BCUT2D eigenvalue weighted by Crippen LogP contribution is 2.23. The number of nitrogens with one attached hydrogen (secondary N) is 1. The van der Waals surface area contributed by atoms with Crippen LogP contribution < -0.4 is 5.32 Å². The molecule has 1 N–H and O–H groups in total. The van der Waals surface area contributed by atoms with Crippen molar-refractivity contribution in [1.82, 2.24) is 4.90 Å². The number of fused-ring (bicyclic) bond motifs is 1. The Morgan fingerprint density at radius 1 is 1.35 bits per heavy atom. The first-order chi connectivity index (χ1) is 9.28. The van der Waals surface area contributed by atoms with E-state index in [9.17, 15) is 9.59 Å². The molecule has 0 fully saturated rings. The zero-order chi connectivity index (χ0) is 14.9. The molecule has 1 aliphatic heterocycles. The fourth-order valence-electron chi connectivity index (χ4n) is 2.09. The van der Waals surface area contributed by atoms with Crippen molar-refractivity contribution in [1.29, 1.82) is 0 Å². The molecule has 5 nitrogen and oxygen atoms in total. The summed E-state index contributed by atoms with van der Waals surface area (Å²) in [6.45, 7) is 5.82. The number of rotatable bonds is 1. The van der Waals surface area contributed by atoms with Gasteiger partial charge in [-0.05, 0) is 32.4 Å². The van der Waals surface area contributed by atoms with Crippen molar-refractivity contribution in [3.8, 4) is 0 Å². The second-order valence-corrected chi connectivity index (χ2v) is 5.96. The Morgan fingerprint density at radius 2 is 2.00 bits per heavy atom. The molecule has 0 spiro atoms. The minimum atomic E-state index is -0.997. The Morgan fingerprint density at radius 3 is 2.65 bits per heavy atom. The van der Waals surface area contributed by atoms with Gasteiger partial charge in [0.25, 0.3) is 5.91 Å². The predicted octanol–water partition coefficient (Wildman–Crippen LogP) is 1.78. The molecule has 1 amide bonds. The van der Waals surface area contributed by atoms with Gasteiger partial charge in [0.1, 0.15) is 5.60 Å². The number of anilines is 1. The number of para-hydroxylation sites is 1. The molecule has 0 saturated carbocycles. The van der Waals surface area contributed by atoms with Crippen LogP contribution in [0.5, 0.6) is 0 Å². The summed E-state index contributed by atoms with van der Waals surface area (Å²) in [6, 6.07) is 6.58. The molecule has 1 aliphatic rings. The molecular formula is C15H20N2O3. The van der Waals surface area contributed by atoms with Crippen molar-refractivity contribution >= 4 is 17.6 Å². The molecule has 0 saturated heterocycles. The lowest BCUT2D eigenvalue weighted by atomic mass is 10.1. The monoisotopic (exact) mass is 276 g/mol. The van der Waals surface area contributed by atoms with Gasteiger partial charge in [0.2, 0.25) is 6.04 Å². The Labute approximate surface area is 118 Å². The predicted molar refractivity (Wildman–Crippen MR) is 76.2 cm³/mol. The van der Waals surface area contributed by atoms with E-state index in [2.05, 4.69) is 5.32 Å². The summed E-state index contributed by atoms with van der Waals surface area (Å²) >= 11 is 0. The maximum atomic E-state index is 12.3. The Bertz CT molecular complexity index is 534. The lowest BCUT2D eigenvalue weighted by Gasteiger charge is -2.25. The van der Waals surface area contributed by atoms with E-state index in [0.717, 1.165) is 11.3 Å². The molecule has 1 atom stereocenters. The first kappa shape index (κ1) is 14.4. The fourth-order valence-corrected chi connectivity index (χ4v) is 2.09. The van der Waals surface area contributed by atoms with E-state index in [4.69, 9.17) is 4.74 Å². The molecule has 1 unspecified atom stereocenters. The number of ether oxygens (including phenoxy) is 1. The van der Waals surface area contributed by atoms with E-state index in [0.29, 0.717) is 6.54 Å². The lowest BCUT2D eigenvalue weighted by molar-refractivity contribution is -0.159. The van der Waals surface area contributed by atoms with Gasteiger partial charge in [0.15, 0.2) is 0 Å². The van der Waals surface area contributed by atoms with E-state index >= 15 is 0 Å². The van der Waals surface area contributed by atoms with E-state index in [1.54, 1.807) is 27.8 Å². The summed E-state index contributed by atoms with van der Waals surface area (Å²) in [4.78, 5) is 26.0. The quantitative estimate of drug-likeness (QED) is 0.627. The average Bonchev–Trinajstić information content (AvgIpc) is 2.46. The third kappa shape index (κ3) is 3.10. The Hall–Kier alpha value is -2.04. The standard InChI is InChI=1S/C15H20N2O3/c1-15(2,3)20-14(19)12-13(18)17(4)9-10-7-5-6-8-11(10)16-12/h5-8,12,16H,9H2,1-4H3. The van der Waals surface area contributed by atoms with Gasteiger partial charge >= 0.3 is 5.97 Å². The number of likely N-dealkylation sites (N-methyl/N-ethyl adjacent to an activating group) is 1. The topological polar surface area (TPSA) is 58.6 Å². The summed E-state index contributed by atoms with van der Waals surface area (Å²) in [5.74, 6) is -0.832. The molecular weight excluding hydrogens is 256 g/mol. The van der Waals surface area contributed by atoms with Crippen LogP contribution in [0.25, 0.3) is 0 Å². The number of hydrogen-bond acceptors (Lipinski definition) is 4. The van der Waals surface area contributed by atoms with Crippen molar-refractivity contribution in [2.24, 2.45) is 0 Å². The fraction of sp³-hybridized carbons (Fsp3) is 0.467. The van der Waals surface area contributed by atoms with Gasteiger partial charge in [-0.3, -0.25) is 4.79 Å². The van der Waals surface area contributed by atoms with Gasteiger partial charge in [-0.1, -0.05) is 18.2 Å². The molecule has 20 heavy (non-hydrogen) atoms. The summed E-state index contributed by atoms with van der Waals surface area (Å²) in [5.41, 5.74) is 1.15. The zero-order valence-electron chi connectivity index (χ0n) is 12.3. The first-order valence-electron chi connectivity index (χ1n) is 6.60. The minimum Gasteiger partial charge on any atom is -0.458 e. The van der Waals surface area contributed by atoms with Crippen molar-refractivity contribution in [3.05, 3.63) is 29.8 Å². The maximum absolute atomic E-state index is 12.3. The summed E-state index contributed by atoms with van der Waals surface area (Å²) in [7, 11) is 1.68.